The lowest BCUT2D eigenvalue weighted by Gasteiger charge is -2.33. The minimum atomic E-state index is -3.73. The lowest BCUT2D eigenvalue weighted by Crippen LogP contribution is -2.53. The number of anilines is 1. The minimum Gasteiger partial charge on any atom is -0.450 e. The summed E-state index contributed by atoms with van der Waals surface area (Å²) in [7, 11) is 0.248. The van der Waals surface area contributed by atoms with Crippen molar-refractivity contribution in [3.8, 4) is 0 Å². The van der Waals surface area contributed by atoms with Gasteiger partial charge in [0.2, 0.25) is 0 Å². The fourth-order valence-electron chi connectivity index (χ4n) is 4.40. The highest BCUT2D eigenvalue weighted by Gasteiger charge is 2.30. The molecule has 0 radical (unpaired) electrons. The van der Waals surface area contributed by atoms with Crippen LogP contribution in [0.2, 0.25) is 0 Å². The number of benzene rings is 2. The quantitative estimate of drug-likeness (QED) is 0.497. The molecule has 1 unspecified atom stereocenters. The zero-order chi connectivity index (χ0) is 25.0. The Morgan fingerprint density at radius 2 is 1.77 bits per heavy atom. The third kappa shape index (κ3) is 5.61. The van der Waals surface area contributed by atoms with Crippen molar-refractivity contribution in [1.29, 1.82) is 0 Å². The topological polar surface area (TPSA) is 98.0 Å². The Labute approximate surface area is 206 Å². The first-order valence-corrected chi connectivity index (χ1v) is 13.2. The molecule has 0 spiro atoms. The van der Waals surface area contributed by atoms with Crippen LogP contribution in [0, 0.1) is 0 Å². The Balaban J connectivity index is 1.53. The maximum absolute atomic E-state index is 13.2. The Morgan fingerprint density at radius 3 is 2.43 bits per heavy atom. The van der Waals surface area contributed by atoms with Crippen LogP contribution in [0.1, 0.15) is 24.0 Å². The van der Waals surface area contributed by atoms with E-state index in [1.165, 1.54) is 9.21 Å². The van der Waals surface area contributed by atoms with Gasteiger partial charge in [0.15, 0.2) is 0 Å². The van der Waals surface area contributed by atoms with Gasteiger partial charge in [-0.1, -0.05) is 30.3 Å². The number of rotatable bonds is 8. The molecule has 0 saturated carbocycles. The SMILES string of the molecule is CCOC(=O)N1CCN(S(=O)(=O)NCC(c2ccc(N(C)C)cc2)c2c[nH]c3ccccc23)CC1. The van der Waals surface area contributed by atoms with E-state index in [9.17, 15) is 13.2 Å². The van der Waals surface area contributed by atoms with Gasteiger partial charge in [-0.3, -0.25) is 0 Å². The number of aromatic nitrogens is 1. The van der Waals surface area contributed by atoms with Gasteiger partial charge < -0.3 is 19.5 Å². The summed E-state index contributed by atoms with van der Waals surface area (Å²) in [5.41, 5.74) is 4.14. The molecule has 0 aliphatic carbocycles. The van der Waals surface area contributed by atoms with Gasteiger partial charge in [-0.15, -0.1) is 0 Å². The molecule has 1 fully saturated rings. The van der Waals surface area contributed by atoms with Crippen LogP contribution in [-0.2, 0) is 14.9 Å². The van der Waals surface area contributed by atoms with Crippen LogP contribution in [0.25, 0.3) is 10.9 Å². The van der Waals surface area contributed by atoms with Gasteiger partial charge in [0, 0.05) is 75.5 Å². The Hall–Kier alpha value is -3.08. The molecule has 10 heteroatoms. The molecule has 1 atom stereocenters. The monoisotopic (exact) mass is 499 g/mol. The molecule has 2 aromatic carbocycles. The van der Waals surface area contributed by atoms with Crippen molar-refractivity contribution in [1.82, 2.24) is 18.9 Å². The van der Waals surface area contributed by atoms with E-state index < -0.39 is 16.3 Å². The highest BCUT2D eigenvalue weighted by Crippen LogP contribution is 2.31. The normalized spacial score (nSPS) is 15.8. The fourth-order valence-corrected chi connectivity index (χ4v) is 5.60. The number of carbonyl (C=O) groups is 1. The number of hydrogen-bond donors (Lipinski definition) is 2. The number of H-pyrrole nitrogens is 1. The van der Waals surface area contributed by atoms with Crippen LogP contribution in [0.5, 0.6) is 0 Å². The molecule has 1 amide bonds. The number of hydrogen-bond acceptors (Lipinski definition) is 5. The molecule has 35 heavy (non-hydrogen) atoms. The average molecular weight is 500 g/mol. The largest absolute Gasteiger partial charge is 0.450 e. The van der Waals surface area contributed by atoms with Gasteiger partial charge in [0.25, 0.3) is 10.2 Å². The van der Waals surface area contributed by atoms with E-state index in [-0.39, 0.29) is 25.6 Å². The van der Waals surface area contributed by atoms with Crippen molar-refractivity contribution in [2.45, 2.75) is 12.8 Å². The third-order valence-electron chi connectivity index (χ3n) is 6.38. The lowest BCUT2D eigenvalue weighted by molar-refractivity contribution is 0.0932. The second-order valence-corrected chi connectivity index (χ2v) is 10.5. The second kappa shape index (κ2) is 10.7. The third-order valence-corrected chi connectivity index (χ3v) is 7.96. The van der Waals surface area contributed by atoms with Gasteiger partial charge in [-0.2, -0.15) is 12.7 Å². The number of para-hydroxylation sites is 1. The summed E-state index contributed by atoms with van der Waals surface area (Å²) in [6.45, 7) is 3.32. The van der Waals surface area contributed by atoms with Crippen LogP contribution >= 0.6 is 0 Å². The summed E-state index contributed by atoms with van der Waals surface area (Å²) in [6, 6.07) is 16.2. The summed E-state index contributed by atoms with van der Waals surface area (Å²) in [5.74, 6) is -0.182. The first-order chi connectivity index (χ1) is 16.8. The first kappa shape index (κ1) is 25.0. The number of nitrogens with one attached hydrogen (secondary N) is 2. The van der Waals surface area contributed by atoms with Crippen molar-refractivity contribution >= 4 is 32.9 Å². The molecule has 0 bridgehead atoms. The predicted octanol–water partition coefficient (Wildman–Crippen LogP) is 2.97. The predicted molar refractivity (Wildman–Crippen MR) is 138 cm³/mol. The van der Waals surface area contributed by atoms with Crippen molar-refractivity contribution in [3.63, 3.8) is 0 Å². The summed E-state index contributed by atoms with van der Waals surface area (Å²) >= 11 is 0. The van der Waals surface area contributed by atoms with Crippen molar-refractivity contribution in [2.24, 2.45) is 0 Å². The molecule has 188 valence electrons. The number of carbonyl (C=O) groups excluding carboxylic acids is 1. The molecule has 2 heterocycles. The van der Waals surface area contributed by atoms with Crippen LogP contribution < -0.4 is 9.62 Å². The zero-order valence-corrected chi connectivity index (χ0v) is 21.2. The number of amides is 1. The Bertz CT molecular complexity index is 1250. The molecule has 2 N–H and O–H groups in total. The van der Waals surface area contributed by atoms with E-state index in [0.717, 1.165) is 27.7 Å². The van der Waals surface area contributed by atoms with Gasteiger partial charge in [-0.25, -0.2) is 9.52 Å². The molecular weight excluding hydrogens is 466 g/mol. The van der Waals surface area contributed by atoms with Gasteiger partial charge in [-0.05, 0) is 36.2 Å². The van der Waals surface area contributed by atoms with E-state index in [4.69, 9.17) is 4.74 Å². The number of piperazine rings is 1. The van der Waals surface area contributed by atoms with Gasteiger partial charge >= 0.3 is 6.09 Å². The molecule has 9 nitrogen and oxygen atoms in total. The molecule has 3 aromatic rings. The van der Waals surface area contributed by atoms with Gasteiger partial charge in [0.1, 0.15) is 0 Å². The van der Waals surface area contributed by atoms with E-state index in [0.29, 0.717) is 19.7 Å². The highest BCUT2D eigenvalue weighted by atomic mass is 32.2. The van der Waals surface area contributed by atoms with Crippen molar-refractivity contribution in [3.05, 3.63) is 65.9 Å². The number of aromatic amines is 1. The van der Waals surface area contributed by atoms with Crippen LogP contribution in [-0.4, -0.2) is 82.1 Å². The van der Waals surface area contributed by atoms with E-state index >= 15 is 0 Å². The molecule has 1 aliphatic rings. The van der Waals surface area contributed by atoms with Gasteiger partial charge in [0.05, 0.1) is 6.61 Å². The Kier molecular flexibility index (Phi) is 7.63. The number of fused-ring (bicyclic) bond motifs is 1. The standard InChI is InChI=1S/C25H33N5O4S/c1-4-34-25(31)29-13-15-30(16-14-29)35(32,33)27-18-22(19-9-11-20(12-10-19)28(2)3)23-17-26-24-8-6-5-7-21(23)24/h5-12,17,22,26-27H,4,13-16,18H2,1-3H3. The van der Waals surface area contributed by atoms with E-state index in [1.54, 1.807) is 6.92 Å². The molecule has 1 aromatic heterocycles. The van der Waals surface area contributed by atoms with Crippen molar-refractivity contribution in [2.75, 3.05) is 58.3 Å². The highest BCUT2D eigenvalue weighted by molar-refractivity contribution is 7.87. The Morgan fingerprint density at radius 1 is 1.09 bits per heavy atom. The second-order valence-electron chi connectivity index (χ2n) is 8.77. The van der Waals surface area contributed by atoms with E-state index in [2.05, 4.69) is 9.71 Å². The molecular formula is C25H33N5O4S. The molecule has 4 rings (SSSR count). The fraction of sp³-hybridized carbons (Fsp3) is 0.400. The first-order valence-electron chi connectivity index (χ1n) is 11.8. The number of ether oxygens (including phenoxy) is 1. The number of nitrogens with zero attached hydrogens (tertiary/aromatic N) is 3. The van der Waals surface area contributed by atoms with Crippen LogP contribution in [0.4, 0.5) is 10.5 Å². The minimum absolute atomic E-state index is 0.182. The average Bonchev–Trinajstić information content (AvgIpc) is 3.29. The summed E-state index contributed by atoms with van der Waals surface area (Å²) < 4.78 is 35.6. The van der Waals surface area contributed by atoms with Crippen molar-refractivity contribution < 1.29 is 17.9 Å². The summed E-state index contributed by atoms with van der Waals surface area (Å²) in [5, 5.41) is 1.07. The maximum Gasteiger partial charge on any atom is 0.409 e. The molecule has 1 aliphatic heterocycles. The van der Waals surface area contributed by atoms with Crippen LogP contribution in [0.3, 0.4) is 0 Å². The van der Waals surface area contributed by atoms with Crippen LogP contribution in [0.15, 0.2) is 54.7 Å². The smallest absolute Gasteiger partial charge is 0.409 e. The lowest BCUT2D eigenvalue weighted by atomic mass is 9.91. The van der Waals surface area contributed by atoms with E-state index in [1.807, 2.05) is 73.7 Å². The maximum atomic E-state index is 13.2. The summed E-state index contributed by atoms with van der Waals surface area (Å²) in [4.78, 5) is 18.8. The summed E-state index contributed by atoms with van der Waals surface area (Å²) in [6.07, 6.45) is 1.56. The zero-order valence-electron chi connectivity index (χ0n) is 20.4. The molecule has 1 saturated heterocycles.